The fraction of sp³-hybridized carbons (Fsp3) is 0.529. The van der Waals surface area contributed by atoms with Crippen molar-refractivity contribution in [1.82, 2.24) is 30.4 Å². The Kier molecular flexibility index (Phi) is 5.76. The Morgan fingerprint density at radius 3 is 3.00 bits per heavy atom. The molecule has 0 bridgehead atoms. The Balaban J connectivity index is 1.47. The maximum atomic E-state index is 4.36. The van der Waals surface area contributed by atoms with E-state index in [9.17, 15) is 0 Å². The zero-order chi connectivity index (χ0) is 16.6. The number of nitrogens with zero attached hydrogens (tertiary/aromatic N) is 5. The van der Waals surface area contributed by atoms with E-state index in [1.807, 2.05) is 18.2 Å². The fourth-order valence-electron chi connectivity index (χ4n) is 2.92. The highest BCUT2D eigenvalue weighted by molar-refractivity contribution is 5.79. The fourth-order valence-corrected chi connectivity index (χ4v) is 2.92. The van der Waals surface area contributed by atoms with Crippen molar-refractivity contribution in [3.8, 4) is 0 Å². The third-order valence-electron chi connectivity index (χ3n) is 4.21. The molecule has 2 aromatic rings. The van der Waals surface area contributed by atoms with Crippen LogP contribution in [0, 0.1) is 0 Å². The van der Waals surface area contributed by atoms with Crippen molar-refractivity contribution in [2.75, 3.05) is 13.6 Å². The zero-order valence-electron chi connectivity index (χ0n) is 14.2. The number of hydrogen-bond acceptors (Lipinski definition) is 4. The Hall–Kier alpha value is -2.44. The molecule has 0 atom stereocenters. The van der Waals surface area contributed by atoms with Gasteiger partial charge in [-0.15, -0.1) is 10.2 Å². The molecule has 2 aromatic heterocycles. The van der Waals surface area contributed by atoms with E-state index >= 15 is 0 Å². The molecule has 128 valence electrons. The maximum absolute atomic E-state index is 4.36. The van der Waals surface area contributed by atoms with Crippen molar-refractivity contribution in [1.29, 1.82) is 0 Å². The van der Waals surface area contributed by atoms with Gasteiger partial charge in [0, 0.05) is 39.2 Å². The molecule has 0 amide bonds. The monoisotopic (exact) mass is 327 g/mol. The van der Waals surface area contributed by atoms with Crippen LogP contribution >= 0.6 is 0 Å². The number of pyridine rings is 1. The van der Waals surface area contributed by atoms with Crippen molar-refractivity contribution in [3.63, 3.8) is 0 Å². The van der Waals surface area contributed by atoms with E-state index in [1.54, 1.807) is 13.2 Å². The molecule has 1 aliphatic heterocycles. The van der Waals surface area contributed by atoms with E-state index in [4.69, 9.17) is 0 Å². The molecule has 0 radical (unpaired) electrons. The molecule has 7 nitrogen and oxygen atoms in total. The van der Waals surface area contributed by atoms with Crippen LogP contribution in [0.4, 0.5) is 0 Å². The molecule has 3 rings (SSSR count). The van der Waals surface area contributed by atoms with Crippen molar-refractivity contribution in [2.45, 2.75) is 45.2 Å². The second-order valence-electron chi connectivity index (χ2n) is 5.92. The minimum Gasteiger partial charge on any atom is -0.356 e. The number of aliphatic imine (C=N–C) groups is 1. The Labute approximate surface area is 142 Å². The summed E-state index contributed by atoms with van der Waals surface area (Å²) in [6, 6.07) is 5.89. The maximum Gasteiger partial charge on any atom is 0.191 e. The van der Waals surface area contributed by atoms with E-state index in [0.29, 0.717) is 6.54 Å². The molecule has 3 heterocycles. The Bertz CT molecular complexity index is 663. The Morgan fingerprint density at radius 1 is 1.21 bits per heavy atom. The standard InChI is InChI=1S/C17H25N7/c1-18-17(21-13-14-7-4-5-10-19-14)20-11-9-16-23-22-15-8-3-2-6-12-24(15)16/h4-5,7,10H,2-3,6,8-9,11-13H2,1H3,(H2,18,20,21). The Morgan fingerprint density at radius 2 is 2.17 bits per heavy atom. The van der Waals surface area contributed by atoms with Crippen molar-refractivity contribution >= 4 is 5.96 Å². The van der Waals surface area contributed by atoms with Crippen molar-refractivity contribution in [3.05, 3.63) is 41.7 Å². The topological polar surface area (TPSA) is 80.0 Å². The minimum atomic E-state index is 0.654. The highest BCUT2D eigenvalue weighted by atomic mass is 15.3. The first-order valence-electron chi connectivity index (χ1n) is 8.62. The zero-order valence-corrected chi connectivity index (χ0v) is 14.2. The van der Waals surface area contributed by atoms with Gasteiger partial charge in [-0.1, -0.05) is 12.5 Å². The second-order valence-corrected chi connectivity index (χ2v) is 5.92. The van der Waals surface area contributed by atoms with Crippen LogP contribution in [-0.4, -0.2) is 39.3 Å². The second kappa shape index (κ2) is 8.42. The molecule has 0 saturated carbocycles. The quantitative estimate of drug-likeness (QED) is 0.639. The smallest absolute Gasteiger partial charge is 0.191 e. The van der Waals surface area contributed by atoms with E-state index in [-0.39, 0.29) is 0 Å². The normalized spacial score (nSPS) is 14.8. The predicted molar refractivity (Wildman–Crippen MR) is 93.7 cm³/mol. The SMILES string of the molecule is CN=C(NCCc1nnc2n1CCCCC2)NCc1ccccn1. The van der Waals surface area contributed by atoms with Crippen molar-refractivity contribution in [2.24, 2.45) is 4.99 Å². The molecule has 0 fully saturated rings. The lowest BCUT2D eigenvalue weighted by molar-refractivity contribution is 0.600. The number of guanidine groups is 1. The van der Waals surface area contributed by atoms with E-state index in [2.05, 4.69) is 35.4 Å². The van der Waals surface area contributed by atoms with E-state index in [0.717, 1.165) is 49.2 Å². The molecule has 0 unspecified atom stereocenters. The summed E-state index contributed by atoms with van der Waals surface area (Å²) in [6.07, 6.45) is 7.42. The minimum absolute atomic E-state index is 0.654. The predicted octanol–water partition coefficient (Wildman–Crippen LogP) is 1.31. The van der Waals surface area contributed by atoms with Gasteiger partial charge in [-0.3, -0.25) is 9.98 Å². The first-order valence-corrected chi connectivity index (χ1v) is 8.62. The summed E-state index contributed by atoms with van der Waals surface area (Å²) in [5.74, 6) is 2.98. The lowest BCUT2D eigenvalue weighted by atomic mass is 10.2. The van der Waals surface area contributed by atoms with Gasteiger partial charge in [-0.25, -0.2) is 0 Å². The van der Waals surface area contributed by atoms with Gasteiger partial charge in [0.15, 0.2) is 5.96 Å². The molecule has 24 heavy (non-hydrogen) atoms. The summed E-state index contributed by atoms with van der Waals surface area (Å²) in [5, 5.41) is 15.3. The van der Waals surface area contributed by atoms with Crippen LogP contribution in [0.1, 0.15) is 36.6 Å². The average Bonchev–Trinajstić information content (AvgIpc) is 2.85. The highest BCUT2D eigenvalue weighted by Gasteiger charge is 2.14. The van der Waals surface area contributed by atoms with E-state index < -0.39 is 0 Å². The molecule has 7 heteroatoms. The number of rotatable bonds is 5. The van der Waals surface area contributed by atoms with Crippen LogP contribution in [-0.2, 0) is 25.9 Å². The van der Waals surface area contributed by atoms with Crippen LogP contribution in [0.5, 0.6) is 0 Å². The summed E-state index contributed by atoms with van der Waals surface area (Å²) in [6.45, 7) is 2.48. The van der Waals surface area contributed by atoms with E-state index in [1.165, 1.54) is 19.3 Å². The van der Waals surface area contributed by atoms with Crippen LogP contribution in [0.15, 0.2) is 29.4 Å². The number of aromatic nitrogens is 4. The first kappa shape index (κ1) is 16.4. The molecular formula is C17H25N7. The van der Waals surface area contributed by atoms with Gasteiger partial charge in [-0.2, -0.15) is 0 Å². The summed E-state index contributed by atoms with van der Waals surface area (Å²) in [4.78, 5) is 8.54. The van der Waals surface area contributed by atoms with Gasteiger partial charge in [0.1, 0.15) is 11.6 Å². The van der Waals surface area contributed by atoms with Crippen LogP contribution < -0.4 is 10.6 Å². The number of hydrogen-bond donors (Lipinski definition) is 2. The molecule has 0 spiro atoms. The lowest BCUT2D eigenvalue weighted by Gasteiger charge is -2.12. The highest BCUT2D eigenvalue weighted by Crippen LogP contribution is 2.14. The number of nitrogens with one attached hydrogen (secondary N) is 2. The van der Waals surface area contributed by atoms with Crippen LogP contribution in [0.3, 0.4) is 0 Å². The summed E-state index contributed by atoms with van der Waals surface area (Å²) in [7, 11) is 1.77. The van der Waals surface area contributed by atoms with Crippen molar-refractivity contribution < 1.29 is 0 Å². The first-order chi connectivity index (χ1) is 11.9. The molecule has 2 N–H and O–H groups in total. The lowest BCUT2D eigenvalue weighted by Crippen LogP contribution is -2.38. The van der Waals surface area contributed by atoms with Gasteiger partial charge in [0.2, 0.25) is 0 Å². The van der Waals surface area contributed by atoms with Gasteiger partial charge < -0.3 is 15.2 Å². The van der Waals surface area contributed by atoms with Gasteiger partial charge in [-0.05, 0) is 25.0 Å². The van der Waals surface area contributed by atoms with Gasteiger partial charge >= 0.3 is 0 Å². The van der Waals surface area contributed by atoms with Gasteiger partial charge in [0.05, 0.1) is 12.2 Å². The third-order valence-corrected chi connectivity index (χ3v) is 4.21. The summed E-state index contributed by atoms with van der Waals surface area (Å²) in [5.41, 5.74) is 0.989. The average molecular weight is 327 g/mol. The third kappa shape index (κ3) is 4.31. The number of fused-ring (bicyclic) bond motifs is 1. The summed E-state index contributed by atoms with van der Waals surface area (Å²) >= 11 is 0. The van der Waals surface area contributed by atoms with Crippen LogP contribution in [0.2, 0.25) is 0 Å². The van der Waals surface area contributed by atoms with Gasteiger partial charge in [0.25, 0.3) is 0 Å². The summed E-state index contributed by atoms with van der Waals surface area (Å²) < 4.78 is 2.29. The molecule has 0 aromatic carbocycles. The number of aryl methyl sites for hydroxylation is 1. The largest absolute Gasteiger partial charge is 0.356 e. The van der Waals surface area contributed by atoms with Crippen LogP contribution in [0.25, 0.3) is 0 Å². The molecule has 1 aliphatic rings. The molecule has 0 saturated heterocycles. The molecular weight excluding hydrogens is 302 g/mol. The molecule has 0 aliphatic carbocycles.